The van der Waals surface area contributed by atoms with Gasteiger partial charge >= 0.3 is 0 Å². The molecule has 15 heavy (non-hydrogen) atoms. The van der Waals surface area contributed by atoms with Gasteiger partial charge in [0.05, 0.1) is 22.8 Å². The number of aryl methyl sites for hydroxylation is 1. The first-order valence-corrected chi connectivity index (χ1v) is 4.24. The first-order valence-electron chi connectivity index (χ1n) is 4.24. The first kappa shape index (κ1) is 9.51. The molecule has 0 saturated carbocycles. The highest BCUT2D eigenvalue weighted by molar-refractivity contribution is 5.94. The Morgan fingerprint density at radius 2 is 2.20 bits per heavy atom. The lowest BCUT2D eigenvalue weighted by Crippen LogP contribution is -2.17. The predicted octanol–water partition coefficient (Wildman–Crippen LogP) is 0.885. The van der Waals surface area contributed by atoms with Gasteiger partial charge in [-0.3, -0.25) is 14.6 Å². The zero-order valence-corrected chi connectivity index (χ0v) is 7.90. The van der Waals surface area contributed by atoms with Crippen LogP contribution in [-0.2, 0) is 7.05 Å². The van der Waals surface area contributed by atoms with Crippen molar-refractivity contribution in [2.45, 2.75) is 0 Å². The quantitative estimate of drug-likeness (QED) is 0.651. The van der Waals surface area contributed by atoms with E-state index in [-0.39, 0.29) is 16.6 Å². The van der Waals surface area contributed by atoms with E-state index < -0.39 is 5.82 Å². The predicted molar refractivity (Wildman–Crippen MR) is 52.3 cm³/mol. The molecular weight excluding hydrogens is 199 g/mol. The van der Waals surface area contributed by atoms with E-state index in [1.165, 1.54) is 23.7 Å². The van der Waals surface area contributed by atoms with Gasteiger partial charge in [0, 0.05) is 13.1 Å². The molecule has 5 heteroatoms. The first-order chi connectivity index (χ1) is 7.15. The molecule has 2 rings (SSSR count). The lowest BCUT2D eigenvalue weighted by Gasteiger charge is -2.05. The number of nitrogens with zero attached hydrogens (tertiary/aromatic N) is 2. The zero-order valence-electron chi connectivity index (χ0n) is 7.90. The molecule has 4 nitrogen and oxygen atoms in total. The highest BCUT2D eigenvalue weighted by atomic mass is 19.1. The molecule has 0 saturated heterocycles. The molecule has 0 spiro atoms. The molecule has 2 aromatic rings. The van der Waals surface area contributed by atoms with Gasteiger partial charge in [-0.1, -0.05) is 0 Å². The molecule has 0 N–H and O–H groups in total. The number of carbonyl (C=O) groups is 1. The van der Waals surface area contributed by atoms with Crippen molar-refractivity contribution in [2.75, 3.05) is 0 Å². The van der Waals surface area contributed by atoms with Crippen LogP contribution >= 0.6 is 0 Å². The maximum atomic E-state index is 13.2. The molecule has 0 unspecified atom stereocenters. The van der Waals surface area contributed by atoms with E-state index in [1.54, 1.807) is 0 Å². The van der Waals surface area contributed by atoms with Crippen LogP contribution in [0.15, 0.2) is 23.1 Å². The second-order valence-electron chi connectivity index (χ2n) is 3.10. The van der Waals surface area contributed by atoms with Crippen LogP contribution in [0, 0.1) is 5.82 Å². The Bertz CT molecular complexity index is 604. The van der Waals surface area contributed by atoms with E-state index in [0.29, 0.717) is 11.8 Å². The average molecular weight is 206 g/mol. The summed E-state index contributed by atoms with van der Waals surface area (Å²) >= 11 is 0. The number of fused-ring (bicyclic) bond motifs is 1. The van der Waals surface area contributed by atoms with E-state index in [4.69, 9.17) is 0 Å². The third-order valence-electron chi connectivity index (χ3n) is 2.24. The van der Waals surface area contributed by atoms with Crippen LogP contribution in [0.1, 0.15) is 10.4 Å². The summed E-state index contributed by atoms with van der Waals surface area (Å²) in [5, 5.41) is 0. The molecule has 0 aliphatic rings. The van der Waals surface area contributed by atoms with Crippen LogP contribution < -0.4 is 5.56 Å². The van der Waals surface area contributed by atoms with Crippen LogP contribution in [0.4, 0.5) is 4.39 Å². The van der Waals surface area contributed by atoms with Crippen molar-refractivity contribution in [2.24, 2.45) is 7.05 Å². The average Bonchev–Trinajstić information content (AvgIpc) is 2.24. The molecule has 0 amide bonds. The Labute approximate surface area is 84.0 Å². The van der Waals surface area contributed by atoms with Crippen molar-refractivity contribution < 1.29 is 9.18 Å². The van der Waals surface area contributed by atoms with E-state index in [9.17, 15) is 14.0 Å². The summed E-state index contributed by atoms with van der Waals surface area (Å²) in [6.45, 7) is 0. The highest BCUT2D eigenvalue weighted by Crippen LogP contribution is 2.15. The van der Waals surface area contributed by atoms with Gasteiger partial charge < -0.3 is 4.57 Å². The molecule has 0 fully saturated rings. The normalized spacial score (nSPS) is 10.5. The molecule has 2 aromatic heterocycles. The Morgan fingerprint density at radius 1 is 1.47 bits per heavy atom. The minimum Gasteiger partial charge on any atom is -0.309 e. The molecule has 76 valence electrons. The summed E-state index contributed by atoms with van der Waals surface area (Å²) in [5.74, 6) is -0.723. The van der Waals surface area contributed by atoms with E-state index in [0.717, 1.165) is 6.20 Å². The monoisotopic (exact) mass is 206 g/mol. The second-order valence-corrected chi connectivity index (χ2v) is 3.10. The standard InChI is InChI=1S/C10H7FN2O2/c1-13-9(15)3-2-8-10(13)6(5-14)7(11)4-12-8/h2-5H,1H3. The summed E-state index contributed by atoms with van der Waals surface area (Å²) in [7, 11) is 1.47. The van der Waals surface area contributed by atoms with Gasteiger partial charge in [0.25, 0.3) is 5.56 Å². The van der Waals surface area contributed by atoms with Crippen LogP contribution in [0.2, 0.25) is 0 Å². The maximum Gasteiger partial charge on any atom is 0.250 e. The minimum atomic E-state index is -0.723. The van der Waals surface area contributed by atoms with Crippen molar-refractivity contribution in [1.29, 1.82) is 0 Å². The summed E-state index contributed by atoms with van der Waals surface area (Å²) in [6.07, 6.45) is 1.36. The number of rotatable bonds is 1. The molecular formula is C10H7FN2O2. The van der Waals surface area contributed by atoms with Crippen LogP contribution in [0.5, 0.6) is 0 Å². The number of carbonyl (C=O) groups excluding carboxylic acids is 1. The largest absolute Gasteiger partial charge is 0.309 e. The van der Waals surface area contributed by atoms with Crippen LogP contribution in [0.3, 0.4) is 0 Å². The van der Waals surface area contributed by atoms with Crippen molar-refractivity contribution in [3.05, 3.63) is 40.1 Å². The Kier molecular flexibility index (Phi) is 2.07. The van der Waals surface area contributed by atoms with E-state index in [1.807, 2.05) is 0 Å². The van der Waals surface area contributed by atoms with E-state index >= 15 is 0 Å². The molecule has 0 atom stereocenters. The van der Waals surface area contributed by atoms with Gasteiger partial charge in [-0.15, -0.1) is 0 Å². The van der Waals surface area contributed by atoms with Gasteiger partial charge in [-0.05, 0) is 6.07 Å². The lowest BCUT2D eigenvalue weighted by molar-refractivity contribution is 0.112. The number of pyridine rings is 2. The second kappa shape index (κ2) is 3.27. The van der Waals surface area contributed by atoms with Crippen LogP contribution in [-0.4, -0.2) is 15.8 Å². The van der Waals surface area contributed by atoms with Gasteiger partial charge in [0.1, 0.15) is 0 Å². The maximum absolute atomic E-state index is 13.2. The molecule has 0 bridgehead atoms. The SMILES string of the molecule is Cn1c(=O)ccc2ncc(F)c(C=O)c21. The summed E-state index contributed by atoms with van der Waals surface area (Å²) in [4.78, 5) is 25.8. The molecule has 0 aliphatic heterocycles. The molecule has 0 aliphatic carbocycles. The third-order valence-corrected chi connectivity index (χ3v) is 2.24. The number of aromatic nitrogens is 2. The van der Waals surface area contributed by atoms with Crippen molar-refractivity contribution in [3.8, 4) is 0 Å². The minimum absolute atomic E-state index is 0.139. The van der Waals surface area contributed by atoms with Gasteiger partial charge in [0.2, 0.25) is 0 Å². The van der Waals surface area contributed by atoms with Gasteiger partial charge in [-0.2, -0.15) is 0 Å². The number of aldehydes is 1. The van der Waals surface area contributed by atoms with Crippen LogP contribution in [0.25, 0.3) is 11.0 Å². The Hall–Kier alpha value is -2.04. The van der Waals surface area contributed by atoms with Crippen molar-refractivity contribution in [1.82, 2.24) is 9.55 Å². The smallest absolute Gasteiger partial charge is 0.250 e. The summed E-state index contributed by atoms with van der Waals surface area (Å²) in [5.41, 5.74) is 0.191. The zero-order chi connectivity index (χ0) is 11.0. The molecule has 2 heterocycles. The number of halogens is 1. The topological polar surface area (TPSA) is 52.0 Å². The molecule has 0 radical (unpaired) electrons. The Morgan fingerprint density at radius 3 is 2.87 bits per heavy atom. The van der Waals surface area contributed by atoms with Gasteiger partial charge in [0.15, 0.2) is 12.1 Å². The number of hydrogen-bond donors (Lipinski definition) is 0. The fourth-order valence-electron chi connectivity index (χ4n) is 1.47. The van der Waals surface area contributed by atoms with Gasteiger partial charge in [-0.25, -0.2) is 4.39 Å². The summed E-state index contributed by atoms with van der Waals surface area (Å²) < 4.78 is 14.4. The lowest BCUT2D eigenvalue weighted by atomic mass is 10.2. The fraction of sp³-hybridized carbons (Fsp3) is 0.100. The Balaban J connectivity index is 3.07. The summed E-state index contributed by atoms with van der Waals surface area (Å²) in [6, 6.07) is 2.78. The fourth-order valence-corrected chi connectivity index (χ4v) is 1.47. The van der Waals surface area contributed by atoms with E-state index in [2.05, 4.69) is 4.98 Å². The third kappa shape index (κ3) is 1.32. The molecule has 0 aromatic carbocycles. The highest BCUT2D eigenvalue weighted by Gasteiger charge is 2.10. The van der Waals surface area contributed by atoms with Crippen molar-refractivity contribution in [3.63, 3.8) is 0 Å². The number of hydrogen-bond acceptors (Lipinski definition) is 3. The van der Waals surface area contributed by atoms with Crippen molar-refractivity contribution >= 4 is 17.3 Å².